The van der Waals surface area contributed by atoms with E-state index in [0.717, 1.165) is 28.5 Å². The van der Waals surface area contributed by atoms with E-state index in [-0.39, 0.29) is 6.04 Å². The Morgan fingerprint density at radius 1 is 1.00 bits per heavy atom. The first-order valence-electron chi connectivity index (χ1n) is 7.83. The molecule has 0 amide bonds. The van der Waals surface area contributed by atoms with Gasteiger partial charge >= 0.3 is 0 Å². The molecule has 0 saturated heterocycles. The number of benzene rings is 1. The van der Waals surface area contributed by atoms with Crippen LogP contribution in [0, 0.1) is 0 Å². The number of hydrogen-bond donors (Lipinski definition) is 1. The van der Waals surface area contributed by atoms with E-state index >= 15 is 0 Å². The smallest absolute Gasteiger partial charge is 0.0439 e. The molecule has 1 rings (SSSR count). The maximum absolute atomic E-state index is 6.19. The van der Waals surface area contributed by atoms with Gasteiger partial charge in [-0.1, -0.05) is 75.1 Å². The van der Waals surface area contributed by atoms with Gasteiger partial charge in [0, 0.05) is 16.1 Å². The van der Waals surface area contributed by atoms with Crippen molar-refractivity contribution in [3.63, 3.8) is 0 Å². The number of unbranched alkanes of at least 4 members (excludes halogenated alkanes) is 6. The average Bonchev–Trinajstić information content (AvgIpc) is 2.42. The molecule has 0 radical (unpaired) electrons. The third kappa shape index (κ3) is 7.52. The Labute approximate surface area is 133 Å². The maximum atomic E-state index is 6.19. The Morgan fingerprint density at radius 3 is 2.35 bits per heavy atom. The van der Waals surface area contributed by atoms with Gasteiger partial charge in [0.05, 0.1) is 0 Å². The van der Waals surface area contributed by atoms with Crippen molar-refractivity contribution in [2.45, 2.75) is 70.8 Å². The molecule has 20 heavy (non-hydrogen) atoms. The molecule has 0 aliphatic carbocycles. The molecule has 1 aromatic rings. The lowest BCUT2D eigenvalue weighted by Crippen LogP contribution is -2.22. The van der Waals surface area contributed by atoms with Crippen molar-refractivity contribution in [3.05, 3.63) is 33.8 Å². The van der Waals surface area contributed by atoms with E-state index in [1.807, 2.05) is 18.2 Å². The number of hydrogen-bond acceptors (Lipinski definition) is 1. The third-order valence-electron chi connectivity index (χ3n) is 3.67. The molecule has 1 unspecified atom stereocenters. The lowest BCUT2D eigenvalue weighted by molar-refractivity contribution is 0.528. The molecule has 0 aliphatic heterocycles. The molecule has 1 aromatic carbocycles. The first-order valence-corrected chi connectivity index (χ1v) is 8.58. The standard InChI is InChI=1S/C17H27Cl2N/c1-2-3-4-5-6-7-8-9-16(20)13-14-12-15(18)10-11-17(14)19/h10-12,16H,2-9,13,20H2,1H3. The molecule has 3 heteroatoms. The Bertz CT molecular complexity index is 379. The third-order valence-corrected chi connectivity index (χ3v) is 4.27. The summed E-state index contributed by atoms with van der Waals surface area (Å²) in [6.07, 6.45) is 11.1. The van der Waals surface area contributed by atoms with Crippen molar-refractivity contribution in [1.29, 1.82) is 0 Å². The van der Waals surface area contributed by atoms with Crippen LogP contribution in [0.3, 0.4) is 0 Å². The van der Waals surface area contributed by atoms with Crippen molar-refractivity contribution in [2.75, 3.05) is 0 Å². The minimum atomic E-state index is 0.182. The summed E-state index contributed by atoms with van der Waals surface area (Å²) >= 11 is 12.1. The van der Waals surface area contributed by atoms with Crippen LogP contribution in [0.2, 0.25) is 10.0 Å². The van der Waals surface area contributed by atoms with Crippen molar-refractivity contribution in [3.8, 4) is 0 Å². The minimum absolute atomic E-state index is 0.182. The predicted molar refractivity (Wildman–Crippen MR) is 90.8 cm³/mol. The fraction of sp³-hybridized carbons (Fsp3) is 0.647. The van der Waals surface area contributed by atoms with Gasteiger partial charge in [-0.25, -0.2) is 0 Å². The zero-order valence-corrected chi connectivity index (χ0v) is 14.0. The SMILES string of the molecule is CCCCCCCCCC(N)Cc1cc(Cl)ccc1Cl. The molecular formula is C17H27Cl2N. The number of nitrogens with two attached hydrogens (primary N) is 1. The summed E-state index contributed by atoms with van der Waals surface area (Å²) in [6.45, 7) is 2.25. The van der Waals surface area contributed by atoms with Gasteiger partial charge < -0.3 is 5.73 Å². The van der Waals surface area contributed by atoms with Gasteiger partial charge in [0.15, 0.2) is 0 Å². The largest absolute Gasteiger partial charge is 0.327 e. The summed E-state index contributed by atoms with van der Waals surface area (Å²) in [5.74, 6) is 0. The summed E-state index contributed by atoms with van der Waals surface area (Å²) in [4.78, 5) is 0. The van der Waals surface area contributed by atoms with E-state index in [1.165, 1.54) is 44.9 Å². The van der Waals surface area contributed by atoms with Crippen molar-refractivity contribution < 1.29 is 0 Å². The molecule has 2 N–H and O–H groups in total. The van der Waals surface area contributed by atoms with Crippen LogP contribution >= 0.6 is 23.2 Å². The van der Waals surface area contributed by atoms with Crippen LogP contribution in [0.4, 0.5) is 0 Å². The second-order valence-corrected chi connectivity index (χ2v) is 6.45. The fourth-order valence-electron chi connectivity index (χ4n) is 2.45. The highest BCUT2D eigenvalue weighted by molar-refractivity contribution is 6.33. The summed E-state index contributed by atoms with van der Waals surface area (Å²) in [6, 6.07) is 5.77. The van der Waals surface area contributed by atoms with Crippen molar-refractivity contribution >= 4 is 23.2 Å². The second-order valence-electron chi connectivity index (χ2n) is 5.61. The lowest BCUT2D eigenvalue weighted by Gasteiger charge is -2.13. The van der Waals surface area contributed by atoms with Crippen LogP contribution in [0.25, 0.3) is 0 Å². The van der Waals surface area contributed by atoms with Crippen LogP contribution < -0.4 is 5.73 Å². The zero-order valence-electron chi connectivity index (χ0n) is 12.5. The van der Waals surface area contributed by atoms with Gasteiger partial charge in [0.2, 0.25) is 0 Å². The molecule has 0 bridgehead atoms. The molecule has 1 atom stereocenters. The summed E-state index contributed by atoms with van der Waals surface area (Å²) in [7, 11) is 0. The highest BCUT2D eigenvalue weighted by Crippen LogP contribution is 2.22. The molecule has 0 spiro atoms. The van der Waals surface area contributed by atoms with E-state index in [4.69, 9.17) is 28.9 Å². The van der Waals surface area contributed by atoms with Gasteiger partial charge in [0.25, 0.3) is 0 Å². The summed E-state index contributed by atoms with van der Waals surface area (Å²) in [5, 5.41) is 1.50. The average molecular weight is 316 g/mol. The van der Waals surface area contributed by atoms with Gasteiger partial charge in [0.1, 0.15) is 0 Å². The molecule has 1 nitrogen and oxygen atoms in total. The number of rotatable bonds is 10. The van der Waals surface area contributed by atoms with E-state index < -0.39 is 0 Å². The molecule has 114 valence electrons. The van der Waals surface area contributed by atoms with Crippen LogP contribution in [-0.2, 0) is 6.42 Å². The zero-order chi connectivity index (χ0) is 14.8. The Morgan fingerprint density at radius 2 is 1.65 bits per heavy atom. The second kappa shape index (κ2) is 10.5. The van der Waals surface area contributed by atoms with Crippen LogP contribution in [0.15, 0.2) is 18.2 Å². The van der Waals surface area contributed by atoms with Gasteiger partial charge in [-0.15, -0.1) is 0 Å². The molecule has 0 fully saturated rings. The van der Waals surface area contributed by atoms with E-state index in [1.54, 1.807) is 0 Å². The van der Waals surface area contributed by atoms with Crippen LogP contribution in [-0.4, -0.2) is 6.04 Å². The Kier molecular flexibility index (Phi) is 9.33. The Hall–Kier alpha value is -0.240. The van der Waals surface area contributed by atoms with Gasteiger partial charge in [-0.05, 0) is 36.6 Å². The quantitative estimate of drug-likeness (QED) is 0.526. The molecule has 0 heterocycles. The van der Waals surface area contributed by atoms with Crippen molar-refractivity contribution in [1.82, 2.24) is 0 Å². The Balaban J connectivity index is 2.17. The van der Waals surface area contributed by atoms with Gasteiger partial charge in [-0.2, -0.15) is 0 Å². The van der Waals surface area contributed by atoms with Crippen molar-refractivity contribution in [2.24, 2.45) is 5.73 Å². The molecular weight excluding hydrogens is 289 g/mol. The highest BCUT2D eigenvalue weighted by atomic mass is 35.5. The highest BCUT2D eigenvalue weighted by Gasteiger charge is 2.08. The molecule has 0 aliphatic rings. The fourth-order valence-corrected chi connectivity index (χ4v) is 2.84. The monoisotopic (exact) mass is 315 g/mol. The maximum Gasteiger partial charge on any atom is 0.0439 e. The first kappa shape index (κ1) is 17.8. The van der Waals surface area contributed by atoms with E-state index in [2.05, 4.69) is 6.92 Å². The van der Waals surface area contributed by atoms with E-state index in [0.29, 0.717) is 0 Å². The predicted octanol–water partition coefficient (Wildman–Crippen LogP) is 6.00. The normalized spacial score (nSPS) is 12.6. The molecule has 0 aromatic heterocycles. The molecule has 0 saturated carbocycles. The topological polar surface area (TPSA) is 26.0 Å². The summed E-state index contributed by atoms with van der Waals surface area (Å²) in [5.41, 5.74) is 7.25. The van der Waals surface area contributed by atoms with Gasteiger partial charge in [-0.3, -0.25) is 0 Å². The van der Waals surface area contributed by atoms with Crippen LogP contribution in [0.1, 0.15) is 63.9 Å². The van der Waals surface area contributed by atoms with E-state index in [9.17, 15) is 0 Å². The van der Waals surface area contributed by atoms with Crippen LogP contribution in [0.5, 0.6) is 0 Å². The lowest BCUT2D eigenvalue weighted by atomic mass is 10.00. The first-order chi connectivity index (χ1) is 9.63. The summed E-state index contributed by atoms with van der Waals surface area (Å²) < 4.78 is 0. The number of halogens is 2. The minimum Gasteiger partial charge on any atom is -0.327 e.